The van der Waals surface area contributed by atoms with Crippen LogP contribution in [-0.2, 0) is 4.79 Å². The lowest BCUT2D eigenvalue weighted by Gasteiger charge is -2.12. The van der Waals surface area contributed by atoms with Crippen LogP contribution in [0.25, 0.3) is 11.1 Å². The summed E-state index contributed by atoms with van der Waals surface area (Å²) in [5.41, 5.74) is 1.50. The summed E-state index contributed by atoms with van der Waals surface area (Å²) in [6.45, 7) is 0. The van der Waals surface area contributed by atoms with Gasteiger partial charge in [-0.15, -0.1) is 0 Å². The number of hydrogen-bond donors (Lipinski definition) is 3. The monoisotopic (exact) mass is 355 g/mol. The number of rotatable bonds is 4. The Morgan fingerprint density at radius 3 is 2.48 bits per heavy atom. The molecule has 0 bridgehead atoms. The highest BCUT2D eigenvalue weighted by atomic mass is 35.5. The van der Waals surface area contributed by atoms with Gasteiger partial charge in [-0.3, -0.25) is 14.6 Å². The van der Waals surface area contributed by atoms with E-state index in [1.807, 2.05) is 0 Å². The van der Waals surface area contributed by atoms with Crippen LogP contribution in [0.15, 0.2) is 65.8 Å². The van der Waals surface area contributed by atoms with Gasteiger partial charge in [0.2, 0.25) is 0 Å². The second-order valence-corrected chi connectivity index (χ2v) is 5.75. The Hall–Kier alpha value is -2.96. The highest BCUT2D eigenvalue weighted by molar-refractivity contribution is 6.30. The van der Waals surface area contributed by atoms with E-state index in [4.69, 9.17) is 11.6 Å². The molecule has 0 saturated carbocycles. The maximum absolute atomic E-state index is 12.2. The van der Waals surface area contributed by atoms with Crippen molar-refractivity contribution in [2.24, 2.45) is 0 Å². The molecule has 0 aliphatic rings. The predicted octanol–water partition coefficient (Wildman–Crippen LogP) is 2.76. The van der Waals surface area contributed by atoms with E-state index < -0.39 is 17.6 Å². The van der Waals surface area contributed by atoms with Gasteiger partial charge in [0.25, 0.3) is 11.5 Å². The van der Waals surface area contributed by atoms with Gasteiger partial charge in [0.05, 0.1) is 0 Å². The summed E-state index contributed by atoms with van der Waals surface area (Å²) in [7, 11) is 0. The molecule has 2 heterocycles. The third kappa shape index (κ3) is 3.93. The third-order valence-electron chi connectivity index (χ3n) is 3.61. The number of aliphatic hydroxyl groups excluding tert-OH is 1. The summed E-state index contributed by atoms with van der Waals surface area (Å²) in [5.74, 6) is -0.709. The molecule has 25 heavy (non-hydrogen) atoms. The first-order valence-corrected chi connectivity index (χ1v) is 7.80. The minimum Gasteiger partial charge on any atom is -0.378 e. The summed E-state index contributed by atoms with van der Waals surface area (Å²) in [6.07, 6.45) is 3.38. The van der Waals surface area contributed by atoms with Crippen molar-refractivity contribution >= 4 is 23.2 Å². The number of nitrogens with one attached hydrogen (secondary N) is 2. The Morgan fingerprint density at radius 1 is 1.12 bits per heavy atom. The molecule has 1 unspecified atom stereocenters. The highest BCUT2D eigenvalue weighted by Crippen LogP contribution is 2.21. The fourth-order valence-electron chi connectivity index (χ4n) is 2.29. The molecule has 7 heteroatoms. The number of aromatic nitrogens is 2. The average Bonchev–Trinajstić information content (AvgIpc) is 2.64. The van der Waals surface area contributed by atoms with Crippen LogP contribution in [0.4, 0.5) is 5.69 Å². The van der Waals surface area contributed by atoms with Gasteiger partial charge in [-0.1, -0.05) is 23.7 Å². The van der Waals surface area contributed by atoms with Gasteiger partial charge >= 0.3 is 0 Å². The quantitative estimate of drug-likeness (QED) is 0.670. The van der Waals surface area contributed by atoms with Crippen molar-refractivity contribution in [2.45, 2.75) is 6.10 Å². The molecule has 1 amide bonds. The normalized spacial score (nSPS) is 11.8. The Labute approximate surface area is 148 Å². The van der Waals surface area contributed by atoms with E-state index >= 15 is 0 Å². The molecule has 3 N–H and O–H groups in total. The number of amides is 1. The van der Waals surface area contributed by atoms with Crippen LogP contribution in [0.2, 0.25) is 5.02 Å². The van der Waals surface area contributed by atoms with Crippen LogP contribution in [0, 0.1) is 0 Å². The first-order valence-electron chi connectivity index (χ1n) is 7.42. The number of aromatic amines is 1. The second kappa shape index (κ2) is 7.29. The molecular weight excluding hydrogens is 342 g/mol. The van der Waals surface area contributed by atoms with E-state index in [1.165, 1.54) is 0 Å². The molecule has 1 atom stereocenters. The maximum atomic E-state index is 12.2. The fraction of sp³-hybridized carbons (Fsp3) is 0.0556. The molecule has 0 fully saturated rings. The number of nitrogens with zero attached hydrogens (tertiary/aromatic N) is 1. The molecule has 0 aliphatic heterocycles. The number of benzene rings is 1. The van der Waals surface area contributed by atoms with Gasteiger partial charge < -0.3 is 15.4 Å². The number of carbonyl (C=O) groups is 1. The molecule has 0 saturated heterocycles. The summed E-state index contributed by atoms with van der Waals surface area (Å²) in [6, 6.07) is 11.3. The zero-order chi connectivity index (χ0) is 17.8. The number of pyridine rings is 2. The lowest BCUT2D eigenvalue weighted by molar-refractivity contribution is -0.124. The minimum atomic E-state index is -1.42. The lowest BCUT2D eigenvalue weighted by Crippen LogP contribution is -2.25. The SMILES string of the molecule is O=C(Nc1cc(-c2ccncc2)c[nH]c1=O)C(O)c1ccc(Cl)cc1. The number of anilines is 1. The Morgan fingerprint density at radius 2 is 1.80 bits per heavy atom. The van der Waals surface area contributed by atoms with Crippen LogP contribution in [-0.4, -0.2) is 21.0 Å². The van der Waals surface area contributed by atoms with E-state index in [0.717, 1.165) is 5.56 Å². The molecule has 6 nitrogen and oxygen atoms in total. The topological polar surface area (TPSA) is 95.1 Å². The van der Waals surface area contributed by atoms with Gasteiger partial charge in [-0.05, 0) is 41.5 Å². The van der Waals surface area contributed by atoms with E-state index in [1.54, 1.807) is 61.1 Å². The van der Waals surface area contributed by atoms with Gasteiger partial charge in [-0.25, -0.2) is 0 Å². The summed E-state index contributed by atoms with van der Waals surface area (Å²) in [5, 5.41) is 13.1. The van der Waals surface area contributed by atoms with Crippen molar-refractivity contribution in [3.05, 3.63) is 82.0 Å². The van der Waals surface area contributed by atoms with Gasteiger partial charge in [0, 0.05) is 29.2 Å². The van der Waals surface area contributed by atoms with Crippen LogP contribution in [0.5, 0.6) is 0 Å². The van der Waals surface area contributed by atoms with Gasteiger partial charge in [0.15, 0.2) is 6.10 Å². The molecule has 0 spiro atoms. The molecule has 1 aromatic carbocycles. The summed E-state index contributed by atoms with van der Waals surface area (Å²) in [4.78, 5) is 30.7. The van der Waals surface area contributed by atoms with E-state index in [-0.39, 0.29) is 5.69 Å². The Balaban J connectivity index is 1.83. The predicted molar refractivity (Wildman–Crippen MR) is 95.3 cm³/mol. The summed E-state index contributed by atoms with van der Waals surface area (Å²) >= 11 is 5.79. The molecular formula is C18H14ClN3O3. The number of halogens is 1. The van der Waals surface area contributed by atoms with Crippen molar-refractivity contribution in [3.8, 4) is 11.1 Å². The largest absolute Gasteiger partial charge is 0.378 e. The molecule has 3 rings (SSSR count). The lowest BCUT2D eigenvalue weighted by atomic mass is 10.1. The van der Waals surface area contributed by atoms with Crippen molar-refractivity contribution in [1.82, 2.24) is 9.97 Å². The Kier molecular flexibility index (Phi) is 4.92. The fourth-order valence-corrected chi connectivity index (χ4v) is 2.41. The maximum Gasteiger partial charge on any atom is 0.271 e. The van der Waals surface area contributed by atoms with E-state index in [0.29, 0.717) is 16.1 Å². The standard InChI is InChI=1S/C18H14ClN3O3/c19-14-3-1-12(2-4-14)16(23)18(25)22-15-9-13(10-21-17(15)24)11-5-7-20-8-6-11/h1-10,16,23H,(H,21,24)(H,22,25). The van der Waals surface area contributed by atoms with Crippen LogP contribution < -0.4 is 10.9 Å². The number of hydrogen-bond acceptors (Lipinski definition) is 4. The average molecular weight is 356 g/mol. The number of carbonyl (C=O) groups excluding carboxylic acids is 1. The third-order valence-corrected chi connectivity index (χ3v) is 3.86. The summed E-state index contributed by atoms with van der Waals surface area (Å²) < 4.78 is 0. The molecule has 0 aliphatic carbocycles. The van der Waals surface area contributed by atoms with Gasteiger partial charge in [-0.2, -0.15) is 0 Å². The second-order valence-electron chi connectivity index (χ2n) is 5.31. The van der Waals surface area contributed by atoms with Crippen molar-refractivity contribution in [3.63, 3.8) is 0 Å². The van der Waals surface area contributed by atoms with Crippen molar-refractivity contribution in [1.29, 1.82) is 0 Å². The molecule has 0 radical (unpaired) electrons. The first-order chi connectivity index (χ1) is 12.0. The van der Waals surface area contributed by atoms with Crippen LogP contribution >= 0.6 is 11.6 Å². The number of H-pyrrole nitrogens is 1. The Bertz CT molecular complexity index is 940. The molecule has 126 valence electrons. The smallest absolute Gasteiger partial charge is 0.271 e. The minimum absolute atomic E-state index is 0.0484. The van der Waals surface area contributed by atoms with Gasteiger partial charge in [0.1, 0.15) is 5.69 Å². The number of aliphatic hydroxyl groups is 1. The van der Waals surface area contributed by atoms with E-state index in [2.05, 4.69) is 15.3 Å². The highest BCUT2D eigenvalue weighted by Gasteiger charge is 2.18. The zero-order valence-electron chi connectivity index (χ0n) is 12.9. The van der Waals surface area contributed by atoms with E-state index in [9.17, 15) is 14.7 Å². The van der Waals surface area contributed by atoms with Crippen LogP contribution in [0.1, 0.15) is 11.7 Å². The molecule has 2 aromatic heterocycles. The van der Waals surface area contributed by atoms with Crippen molar-refractivity contribution < 1.29 is 9.90 Å². The van der Waals surface area contributed by atoms with Crippen molar-refractivity contribution in [2.75, 3.05) is 5.32 Å². The zero-order valence-corrected chi connectivity index (χ0v) is 13.7. The van der Waals surface area contributed by atoms with Crippen LogP contribution in [0.3, 0.4) is 0 Å². The first kappa shape index (κ1) is 16.9. The molecule has 3 aromatic rings.